The maximum atomic E-state index is 13.0. The third-order valence-electron chi connectivity index (χ3n) is 4.50. The highest BCUT2D eigenvalue weighted by molar-refractivity contribution is 5.50. The molecule has 3 nitrogen and oxygen atoms in total. The predicted octanol–water partition coefficient (Wildman–Crippen LogP) is 4.36. The molecule has 6 heteroatoms. The molecule has 1 aliphatic rings. The van der Waals surface area contributed by atoms with Crippen molar-refractivity contribution < 1.29 is 18.3 Å². The number of fused-ring (bicyclic) bond motifs is 1. The van der Waals surface area contributed by atoms with Crippen LogP contribution in [0.1, 0.15) is 55.9 Å². The Morgan fingerprint density at radius 3 is 2.64 bits per heavy atom. The molecule has 120 valence electrons. The average Bonchev–Trinajstić information content (AvgIpc) is 2.94. The van der Waals surface area contributed by atoms with Crippen LogP contribution in [0.2, 0.25) is 0 Å². The summed E-state index contributed by atoms with van der Waals surface area (Å²) in [5.41, 5.74) is -0.112. The van der Waals surface area contributed by atoms with Crippen molar-refractivity contribution >= 4 is 5.52 Å². The molecule has 1 fully saturated rings. The topological polar surface area (TPSA) is 37.5 Å². The first-order chi connectivity index (χ1) is 10.4. The summed E-state index contributed by atoms with van der Waals surface area (Å²) in [6, 6.07) is 2.10. The number of hydrogen-bond donors (Lipinski definition) is 1. The summed E-state index contributed by atoms with van der Waals surface area (Å²) in [4.78, 5) is 3.90. The quantitative estimate of drug-likeness (QED) is 0.914. The number of imidazole rings is 1. The Bertz CT molecular complexity index is 644. The Kier molecular flexibility index (Phi) is 4.12. The van der Waals surface area contributed by atoms with E-state index in [1.165, 1.54) is 18.9 Å². The van der Waals surface area contributed by atoms with Gasteiger partial charge in [-0.25, -0.2) is 4.98 Å². The normalized spacial score (nSPS) is 18.7. The number of alkyl halides is 3. The van der Waals surface area contributed by atoms with Crippen LogP contribution in [-0.4, -0.2) is 14.5 Å². The summed E-state index contributed by atoms with van der Waals surface area (Å²) in [5, 5.41) is 10.5. The maximum absolute atomic E-state index is 13.0. The number of pyridine rings is 1. The van der Waals surface area contributed by atoms with E-state index in [-0.39, 0.29) is 5.69 Å². The van der Waals surface area contributed by atoms with Gasteiger partial charge in [0.2, 0.25) is 0 Å². The molecule has 0 bridgehead atoms. The molecule has 0 aromatic carbocycles. The highest BCUT2D eigenvalue weighted by atomic mass is 19.4. The van der Waals surface area contributed by atoms with E-state index in [0.29, 0.717) is 17.9 Å². The first kappa shape index (κ1) is 15.3. The van der Waals surface area contributed by atoms with Gasteiger partial charge < -0.3 is 9.51 Å². The van der Waals surface area contributed by atoms with Crippen molar-refractivity contribution in [1.82, 2.24) is 9.38 Å². The summed E-state index contributed by atoms with van der Waals surface area (Å²) in [6.45, 7) is 0. The Morgan fingerprint density at radius 2 is 1.95 bits per heavy atom. The monoisotopic (exact) mass is 312 g/mol. The van der Waals surface area contributed by atoms with E-state index >= 15 is 0 Å². The van der Waals surface area contributed by atoms with Crippen molar-refractivity contribution in [2.24, 2.45) is 5.92 Å². The van der Waals surface area contributed by atoms with Crippen LogP contribution in [0.5, 0.6) is 0 Å². The number of aliphatic hydroxyl groups excluding tert-OH is 1. The Labute approximate surface area is 126 Å². The zero-order valence-electron chi connectivity index (χ0n) is 12.2. The van der Waals surface area contributed by atoms with Gasteiger partial charge in [0, 0.05) is 0 Å². The fourth-order valence-corrected chi connectivity index (χ4v) is 3.34. The second kappa shape index (κ2) is 5.91. The van der Waals surface area contributed by atoms with E-state index in [2.05, 4.69) is 4.98 Å². The fraction of sp³-hybridized carbons (Fsp3) is 0.562. The van der Waals surface area contributed by atoms with Gasteiger partial charge in [-0.1, -0.05) is 32.1 Å². The smallest absolute Gasteiger partial charge is 0.387 e. The minimum atomic E-state index is -4.43. The zero-order chi connectivity index (χ0) is 15.7. The lowest BCUT2D eigenvalue weighted by atomic mass is 9.85. The highest BCUT2D eigenvalue weighted by Gasteiger charge is 2.32. The average molecular weight is 312 g/mol. The van der Waals surface area contributed by atoms with Crippen LogP contribution >= 0.6 is 0 Å². The molecule has 0 spiro atoms. The molecule has 3 rings (SSSR count). The van der Waals surface area contributed by atoms with E-state index in [4.69, 9.17) is 0 Å². The second-order valence-electron chi connectivity index (χ2n) is 6.11. The molecule has 1 unspecified atom stereocenters. The van der Waals surface area contributed by atoms with Gasteiger partial charge in [0.1, 0.15) is 0 Å². The number of halogens is 3. The minimum Gasteiger partial charge on any atom is -0.387 e. The molecule has 1 atom stereocenters. The lowest BCUT2D eigenvalue weighted by Gasteiger charge is -2.25. The van der Waals surface area contributed by atoms with Gasteiger partial charge in [-0.2, -0.15) is 13.2 Å². The van der Waals surface area contributed by atoms with Gasteiger partial charge in [0.05, 0.1) is 35.4 Å². The van der Waals surface area contributed by atoms with Crippen LogP contribution in [0, 0.1) is 5.92 Å². The van der Waals surface area contributed by atoms with Gasteiger partial charge in [0.15, 0.2) is 0 Å². The Balaban J connectivity index is 1.92. The number of hydrogen-bond acceptors (Lipinski definition) is 2. The molecule has 1 aliphatic carbocycles. The second-order valence-corrected chi connectivity index (χ2v) is 6.11. The summed E-state index contributed by atoms with van der Waals surface area (Å²) in [7, 11) is 0. The zero-order valence-corrected chi connectivity index (χ0v) is 12.2. The van der Waals surface area contributed by atoms with Gasteiger partial charge in [-0.15, -0.1) is 0 Å². The molecule has 0 saturated heterocycles. The van der Waals surface area contributed by atoms with E-state index in [9.17, 15) is 18.3 Å². The van der Waals surface area contributed by atoms with Crippen molar-refractivity contribution in [2.75, 3.05) is 0 Å². The van der Waals surface area contributed by atoms with Crippen LogP contribution in [0.4, 0.5) is 13.2 Å². The molecule has 0 aliphatic heterocycles. The van der Waals surface area contributed by atoms with Crippen LogP contribution < -0.4 is 0 Å². The number of rotatable bonds is 3. The first-order valence-corrected chi connectivity index (χ1v) is 7.66. The largest absolute Gasteiger partial charge is 0.416 e. The SMILES string of the molecule is OC(CC1CCCCC1)c1cc(C(F)(F)F)cc2cncn12. The molecule has 2 aromatic heterocycles. The minimum absolute atomic E-state index is 0.271. The number of nitrogens with zero attached hydrogens (tertiary/aromatic N) is 2. The van der Waals surface area contributed by atoms with Crippen molar-refractivity contribution in [1.29, 1.82) is 0 Å². The molecule has 1 saturated carbocycles. The molecule has 2 aromatic rings. The summed E-state index contributed by atoms with van der Waals surface area (Å²) in [6.07, 6.45) is 3.60. The first-order valence-electron chi connectivity index (χ1n) is 7.66. The van der Waals surface area contributed by atoms with Crippen LogP contribution in [0.25, 0.3) is 5.52 Å². The summed E-state index contributed by atoms with van der Waals surface area (Å²) >= 11 is 0. The van der Waals surface area contributed by atoms with Gasteiger partial charge >= 0.3 is 6.18 Å². The van der Waals surface area contributed by atoms with Gasteiger partial charge in [-0.3, -0.25) is 0 Å². The molecular formula is C16H19F3N2O. The van der Waals surface area contributed by atoms with E-state index in [1.807, 2.05) is 0 Å². The Morgan fingerprint density at radius 1 is 1.23 bits per heavy atom. The molecule has 2 heterocycles. The maximum Gasteiger partial charge on any atom is 0.416 e. The standard InChI is InChI=1S/C16H19F3N2O/c17-16(18,19)12-7-13-9-20-10-21(13)14(8-12)15(22)6-11-4-2-1-3-5-11/h7-11,15,22H,1-6H2. The molecular weight excluding hydrogens is 293 g/mol. The molecule has 22 heavy (non-hydrogen) atoms. The molecule has 0 radical (unpaired) electrons. The van der Waals surface area contributed by atoms with E-state index in [0.717, 1.165) is 37.8 Å². The molecule has 0 amide bonds. The van der Waals surface area contributed by atoms with Crippen molar-refractivity contribution in [2.45, 2.75) is 50.8 Å². The number of aromatic nitrogens is 2. The summed E-state index contributed by atoms with van der Waals surface area (Å²) < 4.78 is 40.6. The fourth-order valence-electron chi connectivity index (χ4n) is 3.34. The van der Waals surface area contributed by atoms with E-state index in [1.54, 1.807) is 4.40 Å². The Hall–Kier alpha value is -1.56. The van der Waals surface area contributed by atoms with Crippen molar-refractivity contribution in [3.63, 3.8) is 0 Å². The van der Waals surface area contributed by atoms with Gasteiger partial charge in [-0.05, 0) is 24.5 Å². The van der Waals surface area contributed by atoms with Crippen LogP contribution in [0.15, 0.2) is 24.7 Å². The third kappa shape index (κ3) is 3.11. The predicted molar refractivity (Wildman–Crippen MR) is 76.3 cm³/mol. The summed E-state index contributed by atoms with van der Waals surface area (Å²) in [5.74, 6) is 0.386. The van der Waals surface area contributed by atoms with E-state index < -0.39 is 17.8 Å². The number of aliphatic hydroxyl groups is 1. The van der Waals surface area contributed by atoms with Crippen LogP contribution in [-0.2, 0) is 6.18 Å². The molecule has 1 N–H and O–H groups in total. The van der Waals surface area contributed by atoms with Gasteiger partial charge in [0.25, 0.3) is 0 Å². The lowest BCUT2D eigenvalue weighted by molar-refractivity contribution is -0.137. The third-order valence-corrected chi connectivity index (χ3v) is 4.50. The van der Waals surface area contributed by atoms with Crippen molar-refractivity contribution in [3.05, 3.63) is 35.9 Å². The lowest BCUT2D eigenvalue weighted by Crippen LogP contribution is -2.15. The highest BCUT2D eigenvalue weighted by Crippen LogP contribution is 2.35. The van der Waals surface area contributed by atoms with Crippen molar-refractivity contribution in [3.8, 4) is 0 Å². The van der Waals surface area contributed by atoms with Crippen LogP contribution in [0.3, 0.4) is 0 Å².